The molecule has 1 N–H and O–H groups in total. The maximum absolute atomic E-state index is 12.4. The van der Waals surface area contributed by atoms with Crippen molar-refractivity contribution in [1.29, 1.82) is 0 Å². The third-order valence-corrected chi connectivity index (χ3v) is 3.66. The van der Waals surface area contributed by atoms with Crippen molar-refractivity contribution in [3.8, 4) is 5.75 Å². The lowest BCUT2D eigenvalue weighted by Crippen LogP contribution is -2.34. The highest BCUT2D eigenvalue weighted by Gasteiger charge is 2.16. The van der Waals surface area contributed by atoms with Crippen molar-refractivity contribution in [2.75, 3.05) is 26.7 Å². The Hall–Kier alpha value is -1.20. The maximum Gasteiger partial charge on any atom is 0.387 e. The monoisotopic (exact) mass is 284 g/mol. The van der Waals surface area contributed by atoms with Crippen LogP contribution in [0, 0.1) is 5.92 Å². The van der Waals surface area contributed by atoms with Crippen LogP contribution in [0.5, 0.6) is 5.75 Å². The van der Waals surface area contributed by atoms with Crippen molar-refractivity contribution in [3.05, 3.63) is 29.8 Å². The number of rotatable bonds is 6. The molecule has 0 saturated carbocycles. The van der Waals surface area contributed by atoms with Crippen LogP contribution in [0.25, 0.3) is 0 Å². The molecule has 1 heterocycles. The number of halogens is 2. The second-order valence-electron chi connectivity index (χ2n) is 5.38. The van der Waals surface area contributed by atoms with Crippen LogP contribution in [0.15, 0.2) is 24.3 Å². The van der Waals surface area contributed by atoms with E-state index in [4.69, 9.17) is 0 Å². The van der Waals surface area contributed by atoms with Gasteiger partial charge in [-0.05, 0) is 45.0 Å². The number of hydrogen-bond donors (Lipinski definition) is 1. The molecule has 0 spiro atoms. The standard InChI is InChI=1S/C15H22F2N2O/c1-19(10-12-6-8-18-9-7-12)11-13-4-2-3-5-14(13)20-15(16)17/h2-5,12,15,18H,6-11H2,1H3. The summed E-state index contributed by atoms with van der Waals surface area (Å²) in [5.74, 6) is 0.962. The van der Waals surface area contributed by atoms with E-state index in [0.717, 1.165) is 25.2 Å². The molecule has 20 heavy (non-hydrogen) atoms. The molecule has 0 aliphatic carbocycles. The zero-order valence-corrected chi connectivity index (χ0v) is 11.8. The molecule has 0 bridgehead atoms. The molecular weight excluding hydrogens is 262 g/mol. The normalized spacial score (nSPS) is 16.9. The lowest BCUT2D eigenvalue weighted by atomic mass is 9.97. The Balaban J connectivity index is 1.91. The van der Waals surface area contributed by atoms with E-state index >= 15 is 0 Å². The number of benzene rings is 1. The van der Waals surface area contributed by atoms with Gasteiger partial charge in [0, 0.05) is 18.7 Å². The summed E-state index contributed by atoms with van der Waals surface area (Å²) in [6.07, 6.45) is 2.36. The van der Waals surface area contributed by atoms with Crippen LogP contribution >= 0.6 is 0 Å². The summed E-state index contributed by atoms with van der Waals surface area (Å²) in [6, 6.07) is 7.01. The van der Waals surface area contributed by atoms with Crippen LogP contribution in [0.3, 0.4) is 0 Å². The zero-order valence-electron chi connectivity index (χ0n) is 11.8. The van der Waals surface area contributed by atoms with Crippen LogP contribution in [-0.4, -0.2) is 38.2 Å². The number of piperidine rings is 1. The second kappa shape index (κ2) is 7.55. The molecule has 112 valence electrons. The summed E-state index contributed by atoms with van der Waals surface area (Å²) < 4.78 is 29.3. The van der Waals surface area contributed by atoms with E-state index in [0.29, 0.717) is 12.5 Å². The summed E-state index contributed by atoms with van der Waals surface area (Å²) in [6.45, 7) is 0.996. The van der Waals surface area contributed by atoms with Gasteiger partial charge in [-0.25, -0.2) is 0 Å². The molecule has 1 aliphatic rings. The molecule has 0 aromatic heterocycles. The molecule has 0 unspecified atom stereocenters. The van der Waals surface area contributed by atoms with Crippen LogP contribution < -0.4 is 10.1 Å². The molecule has 0 radical (unpaired) electrons. The van der Waals surface area contributed by atoms with Crippen molar-refractivity contribution in [3.63, 3.8) is 0 Å². The quantitative estimate of drug-likeness (QED) is 0.869. The number of para-hydroxylation sites is 1. The topological polar surface area (TPSA) is 24.5 Å². The smallest absolute Gasteiger partial charge is 0.387 e. The van der Waals surface area contributed by atoms with E-state index in [-0.39, 0.29) is 5.75 Å². The summed E-state index contributed by atoms with van der Waals surface area (Å²) in [4.78, 5) is 2.18. The van der Waals surface area contributed by atoms with Crippen molar-refractivity contribution < 1.29 is 13.5 Å². The molecule has 1 saturated heterocycles. The van der Waals surface area contributed by atoms with Gasteiger partial charge in [0.2, 0.25) is 0 Å². The first kappa shape index (κ1) is 15.2. The number of hydrogen-bond acceptors (Lipinski definition) is 3. The van der Waals surface area contributed by atoms with Gasteiger partial charge in [-0.15, -0.1) is 0 Å². The minimum atomic E-state index is -2.77. The Kier molecular flexibility index (Phi) is 5.73. The van der Waals surface area contributed by atoms with Gasteiger partial charge in [0.1, 0.15) is 5.75 Å². The highest BCUT2D eigenvalue weighted by Crippen LogP contribution is 2.22. The van der Waals surface area contributed by atoms with Gasteiger partial charge < -0.3 is 15.0 Å². The van der Waals surface area contributed by atoms with Crippen molar-refractivity contribution >= 4 is 0 Å². The van der Waals surface area contributed by atoms with Gasteiger partial charge in [-0.1, -0.05) is 18.2 Å². The number of nitrogens with zero attached hydrogens (tertiary/aromatic N) is 1. The molecule has 0 amide bonds. The molecule has 1 aromatic rings. The average Bonchev–Trinajstić information content (AvgIpc) is 2.41. The van der Waals surface area contributed by atoms with Gasteiger partial charge >= 0.3 is 6.61 Å². The SMILES string of the molecule is CN(Cc1ccccc1OC(F)F)CC1CCNCC1. The summed E-state index contributed by atoms with van der Waals surface area (Å²) in [7, 11) is 2.03. The molecule has 1 aromatic carbocycles. The second-order valence-corrected chi connectivity index (χ2v) is 5.38. The fourth-order valence-corrected chi connectivity index (χ4v) is 2.71. The van der Waals surface area contributed by atoms with E-state index < -0.39 is 6.61 Å². The highest BCUT2D eigenvalue weighted by molar-refractivity contribution is 5.33. The van der Waals surface area contributed by atoms with Gasteiger partial charge in [0.15, 0.2) is 0 Å². The third kappa shape index (κ3) is 4.72. The lowest BCUT2D eigenvalue weighted by Gasteiger charge is -2.27. The Bertz CT molecular complexity index is 409. The van der Waals surface area contributed by atoms with E-state index in [1.54, 1.807) is 12.1 Å². The first-order valence-corrected chi connectivity index (χ1v) is 7.07. The van der Waals surface area contributed by atoms with Crippen LogP contribution in [0.4, 0.5) is 8.78 Å². The van der Waals surface area contributed by atoms with Crippen LogP contribution in [0.1, 0.15) is 18.4 Å². The minimum Gasteiger partial charge on any atom is -0.434 e. The summed E-state index contributed by atoms with van der Waals surface area (Å²) in [5, 5.41) is 3.35. The maximum atomic E-state index is 12.4. The first-order valence-electron chi connectivity index (χ1n) is 7.07. The Morgan fingerprint density at radius 2 is 2.00 bits per heavy atom. The number of ether oxygens (including phenoxy) is 1. The van der Waals surface area contributed by atoms with Gasteiger partial charge in [-0.3, -0.25) is 0 Å². The zero-order chi connectivity index (χ0) is 14.4. The Labute approximate surface area is 118 Å². The predicted octanol–water partition coefficient (Wildman–Crippen LogP) is 2.72. The van der Waals surface area contributed by atoms with Crippen molar-refractivity contribution in [2.24, 2.45) is 5.92 Å². The molecule has 0 atom stereocenters. The van der Waals surface area contributed by atoms with Crippen LogP contribution in [0.2, 0.25) is 0 Å². The van der Waals surface area contributed by atoms with E-state index in [1.807, 2.05) is 19.2 Å². The molecule has 2 rings (SSSR count). The van der Waals surface area contributed by atoms with E-state index in [1.165, 1.54) is 12.8 Å². The van der Waals surface area contributed by atoms with Crippen LogP contribution in [-0.2, 0) is 6.54 Å². The van der Waals surface area contributed by atoms with E-state index in [9.17, 15) is 8.78 Å². The summed E-state index contributed by atoms with van der Waals surface area (Å²) in [5.41, 5.74) is 0.809. The lowest BCUT2D eigenvalue weighted by molar-refractivity contribution is -0.0507. The molecule has 3 nitrogen and oxygen atoms in total. The first-order chi connectivity index (χ1) is 9.65. The van der Waals surface area contributed by atoms with Gasteiger partial charge in [-0.2, -0.15) is 8.78 Å². The highest BCUT2D eigenvalue weighted by atomic mass is 19.3. The fourth-order valence-electron chi connectivity index (χ4n) is 2.71. The van der Waals surface area contributed by atoms with E-state index in [2.05, 4.69) is 15.0 Å². The predicted molar refractivity (Wildman–Crippen MR) is 75.0 cm³/mol. The molecular formula is C15H22F2N2O. The van der Waals surface area contributed by atoms with Crippen molar-refractivity contribution in [2.45, 2.75) is 26.0 Å². The number of nitrogens with one attached hydrogen (secondary N) is 1. The summed E-state index contributed by atoms with van der Waals surface area (Å²) >= 11 is 0. The number of alkyl halides is 2. The molecule has 5 heteroatoms. The molecule has 1 aliphatic heterocycles. The average molecular weight is 284 g/mol. The third-order valence-electron chi connectivity index (χ3n) is 3.66. The van der Waals surface area contributed by atoms with Gasteiger partial charge in [0.05, 0.1) is 0 Å². The largest absolute Gasteiger partial charge is 0.434 e. The Morgan fingerprint density at radius 1 is 1.30 bits per heavy atom. The Morgan fingerprint density at radius 3 is 2.70 bits per heavy atom. The van der Waals surface area contributed by atoms with Gasteiger partial charge in [0.25, 0.3) is 0 Å². The molecule has 1 fully saturated rings. The van der Waals surface area contributed by atoms with Crippen molar-refractivity contribution in [1.82, 2.24) is 10.2 Å². The fraction of sp³-hybridized carbons (Fsp3) is 0.600. The minimum absolute atomic E-state index is 0.277.